The average molecular weight is 476 g/mol. The van der Waals surface area contributed by atoms with Gasteiger partial charge in [-0.3, -0.25) is 9.89 Å². The molecule has 25 heavy (non-hydrogen) atoms. The van der Waals surface area contributed by atoms with Gasteiger partial charge in [0.15, 0.2) is 5.96 Å². The molecule has 6 heteroatoms. The van der Waals surface area contributed by atoms with Crippen molar-refractivity contribution in [3.05, 3.63) is 22.4 Å². The number of thiophene rings is 1. The lowest BCUT2D eigenvalue weighted by Crippen LogP contribution is -2.41. The number of rotatable bonds is 5. The van der Waals surface area contributed by atoms with Crippen LogP contribution in [0.5, 0.6) is 0 Å². The summed E-state index contributed by atoms with van der Waals surface area (Å²) in [5.74, 6) is 1.31. The summed E-state index contributed by atoms with van der Waals surface area (Å²) in [6.45, 7) is 4.33. The molecule has 1 aliphatic carbocycles. The third-order valence-electron chi connectivity index (χ3n) is 5.29. The maximum atomic E-state index is 6.14. The first-order valence-electron chi connectivity index (χ1n) is 9.61. The summed E-state index contributed by atoms with van der Waals surface area (Å²) in [5, 5.41) is 5.63. The summed E-state index contributed by atoms with van der Waals surface area (Å²) >= 11 is 1.86. The monoisotopic (exact) mass is 476 g/mol. The van der Waals surface area contributed by atoms with Gasteiger partial charge in [0.1, 0.15) is 0 Å². The lowest BCUT2D eigenvalue weighted by molar-refractivity contribution is 0.172. The van der Waals surface area contributed by atoms with E-state index >= 15 is 0 Å². The van der Waals surface area contributed by atoms with Crippen molar-refractivity contribution in [3.63, 3.8) is 0 Å². The molecule has 0 amide bonds. The van der Waals surface area contributed by atoms with E-state index in [-0.39, 0.29) is 24.0 Å². The van der Waals surface area contributed by atoms with E-state index in [2.05, 4.69) is 32.7 Å². The van der Waals surface area contributed by atoms with Gasteiger partial charge >= 0.3 is 0 Å². The summed E-state index contributed by atoms with van der Waals surface area (Å²) in [5.41, 5.74) is 6.14. The summed E-state index contributed by atoms with van der Waals surface area (Å²) in [4.78, 5) is 8.70. The highest BCUT2D eigenvalue weighted by Gasteiger charge is 2.20. The predicted octanol–water partition coefficient (Wildman–Crippen LogP) is 4.21. The lowest BCUT2D eigenvalue weighted by Gasteiger charge is -2.31. The van der Waals surface area contributed by atoms with Crippen LogP contribution >= 0.6 is 35.3 Å². The summed E-state index contributed by atoms with van der Waals surface area (Å²) in [6, 6.07) is 4.92. The molecule has 4 nitrogen and oxygen atoms in total. The zero-order valence-corrected chi connectivity index (χ0v) is 18.3. The number of nitrogens with two attached hydrogens (primary N) is 1. The predicted molar refractivity (Wildman–Crippen MR) is 119 cm³/mol. The number of piperidine rings is 1. The molecule has 1 aromatic rings. The van der Waals surface area contributed by atoms with Crippen LogP contribution < -0.4 is 11.1 Å². The Morgan fingerprint density at radius 3 is 2.72 bits per heavy atom. The first-order chi connectivity index (χ1) is 11.8. The molecule has 0 radical (unpaired) electrons. The second kappa shape index (κ2) is 11.4. The van der Waals surface area contributed by atoms with Gasteiger partial charge in [-0.2, -0.15) is 0 Å². The zero-order valence-electron chi connectivity index (χ0n) is 15.2. The van der Waals surface area contributed by atoms with Crippen molar-refractivity contribution in [2.45, 2.75) is 64.0 Å². The van der Waals surface area contributed by atoms with Crippen LogP contribution in [0.1, 0.15) is 56.2 Å². The minimum atomic E-state index is 0. The van der Waals surface area contributed by atoms with E-state index in [9.17, 15) is 0 Å². The lowest BCUT2D eigenvalue weighted by atomic mass is 9.98. The smallest absolute Gasteiger partial charge is 0.188 e. The third kappa shape index (κ3) is 7.43. The van der Waals surface area contributed by atoms with Crippen LogP contribution in [0.2, 0.25) is 0 Å². The van der Waals surface area contributed by atoms with Crippen molar-refractivity contribution in [2.75, 3.05) is 19.6 Å². The molecule has 3 N–H and O–H groups in total. The van der Waals surface area contributed by atoms with Gasteiger partial charge in [-0.05, 0) is 49.6 Å². The molecule has 1 saturated carbocycles. The molecule has 1 aliphatic heterocycles. The number of hydrogen-bond acceptors (Lipinski definition) is 3. The van der Waals surface area contributed by atoms with E-state index in [0.717, 1.165) is 19.6 Å². The van der Waals surface area contributed by atoms with Crippen LogP contribution in [0.25, 0.3) is 0 Å². The van der Waals surface area contributed by atoms with E-state index in [4.69, 9.17) is 5.73 Å². The Bertz CT molecular complexity index is 498. The maximum absolute atomic E-state index is 6.14. The molecule has 1 saturated heterocycles. The molecule has 0 aromatic carbocycles. The largest absolute Gasteiger partial charge is 0.370 e. The molecule has 3 rings (SSSR count). The fourth-order valence-electron chi connectivity index (χ4n) is 3.97. The molecule has 0 spiro atoms. The van der Waals surface area contributed by atoms with Gasteiger partial charge in [-0.1, -0.05) is 31.7 Å². The molecule has 0 bridgehead atoms. The van der Waals surface area contributed by atoms with Gasteiger partial charge in [-0.25, -0.2) is 0 Å². The second-order valence-electron chi connectivity index (χ2n) is 7.38. The van der Waals surface area contributed by atoms with Crippen molar-refractivity contribution in [2.24, 2.45) is 16.6 Å². The third-order valence-corrected chi connectivity index (χ3v) is 6.15. The SMILES string of the molecule is I.NC(=NCC1CCCN(Cc2cccs2)C1)NC1CCCCCC1. The Hall–Kier alpha value is -0.340. The summed E-state index contributed by atoms with van der Waals surface area (Å²) in [7, 11) is 0. The van der Waals surface area contributed by atoms with E-state index in [1.54, 1.807) is 0 Å². The maximum Gasteiger partial charge on any atom is 0.188 e. The molecular weight excluding hydrogens is 443 g/mol. The second-order valence-corrected chi connectivity index (χ2v) is 8.41. The van der Waals surface area contributed by atoms with Crippen molar-refractivity contribution in [3.8, 4) is 0 Å². The molecule has 2 aliphatic rings. The highest BCUT2D eigenvalue weighted by atomic mass is 127. The Morgan fingerprint density at radius 2 is 2.00 bits per heavy atom. The standard InChI is InChI=1S/C19H32N4S.HI/c20-19(22-17-8-3-1-2-4-9-17)21-13-16-7-5-11-23(14-16)15-18-10-6-12-24-18;/h6,10,12,16-17H,1-5,7-9,11,13-15H2,(H3,20,21,22);1H. The van der Waals surface area contributed by atoms with Crippen molar-refractivity contribution >= 4 is 41.3 Å². The normalized spacial score (nSPS) is 23.7. The van der Waals surface area contributed by atoms with Gasteiger partial charge in [0.25, 0.3) is 0 Å². The Labute approximate surface area is 173 Å². The summed E-state index contributed by atoms with van der Waals surface area (Å²) < 4.78 is 0. The van der Waals surface area contributed by atoms with E-state index in [1.165, 1.54) is 62.8 Å². The summed E-state index contributed by atoms with van der Waals surface area (Å²) in [6.07, 6.45) is 10.4. The van der Waals surface area contributed by atoms with Crippen LogP contribution in [0.3, 0.4) is 0 Å². The van der Waals surface area contributed by atoms with Crippen LogP contribution in [-0.2, 0) is 6.54 Å². The topological polar surface area (TPSA) is 53.6 Å². The van der Waals surface area contributed by atoms with Crippen LogP contribution in [-0.4, -0.2) is 36.5 Å². The number of likely N-dealkylation sites (tertiary alicyclic amines) is 1. The minimum absolute atomic E-state index is 0. The van der Waals surface area contributed by atoms with Crippen LogP contribution in [0, 0.1) is 5.92 Å². The van der Waals surface area contributed by atoms with E-state index in [0.29, 0.717) is 17.9 Å². The molecule has 2 heterocycles. The average Bonchev–Trinajstić information content (AvgIpc) is 2.96. The van der Waals surface area contributed by atoms with E-state index in [1.807, 2.05) is 11.3 Å². The quantitative estimate of drug-likeness (QED) is 0.290. The molecule has 142 valence electrons. The van der Waals surface area contributed by atoms with Gasteiger partial charge in [0.05, 0.1) is 0 Å². The first-order valence-corrected chi connectivity index (χ1v) is 10.5. The van der Waals surface area contributed by atoms with Gasteiger partial charge in [-0.15, -0.1) is 35.3 Å². The molecule has 2 fully saturated rings. The van der Waals surface area contributed by atoms with Gasteiger partial charge in [0, 0.05) is 30.6 Å². The number of aliphatic imine (C=N–C) groups is 1. The number of halogens is 1. The Kier molecular flexibility index (Phi) is 9.55. The van der Waals surface area contributed by atoms with Crippen LogP contribution in [0.15, 0.2) is 22.5 Å². The minimum Gasteiger partial charge on any atom is -0.370 e. The number of guanidine groups is 1. The number of nitrogens with one attached hydrogen (secondary N) is 1. The van der Waals surface area contributed by atoms with Crippen LogP contribution in [0.4, 0.5) is 0 Å². The van der Waals surface area contributed by atoms with Crippen molar-refractivity contribution < 1.29 is 0 Å². The van der Waals surface area contributed by atoms with Gasteiger partial charge < -0.3 is 11.1 Å². The first kappa shape index (κ1) is 21.0. The fourth-order valence-corrected chi connectivity index (χ4v) is 4.72. The molecule has 1 atom stereocenters. The molecule has 1 unspecified atom stereocenters. The highest BCUT2D eigenvalue weighted by Crippen LogP contribution is 2.21. The van der Waals surface area contributed by atoms with Crippen molar-refractivity contribution in [1.29, 1.82) is 0 Å². The zero-order chi connectivity index (χ0) is 16.6. The molecule has 1 aromatic heterocycles. The molecular formula is C19H33IN4S. The fraction of sp³-hybridized carbons (Fsp3) is 0.737. The number of nitrogens with zero attached hydrogens (tertiary/aromatic N) is 2. The number of hydrogen-bond donors (Lipinski definition) is 2. The Morgan fingerprint density at radius 1 is 1.20 bits per heavy atom. The highest BCUT2D eigenvalue weighted by molar-refractivity contribution is 14.0. The van der Waals surface area contributed by atoms with Crippen molar-refractivity contribution in [1.82, 2.24) is 10.2 Å². The Balaban J connectivity index is 0.00000225. The van der Waals surface area contributed by atoms with E-state index < -0.39 is 0 Å². The van der Waals surface area contributed by atoms with Gasteiger partial charge in [0.2, 0.25) is 0 Å².